The van der Waals surface area contributed by atoms with Crippen molar-refractivity contribution >= 4 is 5.78 Å². The van der Waals surface area contributed by atoms with Gasteiger partial charge in [0.05, 0.1) is 0 Å². The zero-order chi connectivity index (χ0) is 11.5. The van der Waals surface area contributed by atoms with Gasteiger partial charge in [0.25, 0.3) is 0 Å². The maximum Gasteiger partial charge on any atom is 0.458 e. The average molecular weight is 212 g/mol. The molecule has 0 amide bonds. The van der Waals surface area contributed by atoms with Gasteiger partial charge >= 0.3 is 6.18 Å². The van der Waals surface area contributed by atoms with E-state index in [1.165, 1.54) is 12.1 Å². The highest BCUT2D eigenvalue weighted by Crippen LogP contribution is 2.12. The number of aryl methyl sites for hydroxylation is 1. The number of carbonyl (C=O) groups excluding carboxylic acids is 1. The summed E-state index contributed by atoms with van der Waals surface area (Å²) in [6.45, 7) is 1.82. The van der Waals surface area contributed by atoms with E-state index in [-0.39, 0.29) is 5.56 Å². The summed E-state index contributed by atoms with van der Waals surface area (Å²) < 4.78 is 35.0. The fourth-order valence-corrected chi connectivity index (χ4v) is 0.905. The Kier molecular flexibility index (Phi) is 3.15. The van der Waals surface area contributed by atoms with Crippen LogP contribution in [0.1, 0.15) is 15.9 Å². The van der Waals surface area contributed by atoms with E-state index in [2.05, 4.69) is 0 Å². The molecule has 0 spiro atoms. The Balaban J connectivity index is 2.86. The summed E-state index contributed by atoms with van der Waals surface area (Å²) in [4.78, 5) is 11.1. The molecule has 0 aliphatic carbocycles. The van der Waals surface area contributed by atoms with Crippen molar-refractivity contribution in [2.75, 3.05) is 0 Å². The van der Waals surface area contributed by atoms with Crippen LogP contribution in [0.15, 0.2) is 24.3 Å². The van der Waals surface area contributed by atoms with Crippen molar-refractivity contribution in [1.82, 2.24) is 0 Å². The number of ketones is 1. The van der Waals surface area contributed by atoms with Crippen LogP contribution < -0.4 is 0 Å². The second-order valence-electron chi connectivity index (χ2n) is 2.94. The second-order valence-corrected chi connectivity index (χ2v) is 2.94. The van der Waals surface area contributed by atoms with Crippen LogP contribution in [0.3, 0.4) is 0 Å². The Morgan fingerprint density at radius 3 is 2.20 bits per heavy atom. The summed E-state index contributed by atoms with van der Waals surface area (Å²) in [6, 6.07) is 6.18. The first kappa shape index (κ1) is 11.3. The average Bonchev–Trinajstić information content (AvgIpc) is 2.14. The van der Waals surface area contributed by atoms with E-state index in [1.54, 1.807) is 18.1 Å². The lowest BCUT2D eigenvalue weighted by Crippen LogP contribution is -2.04. The Morgan fingerprint density at radius 1 is 1.20 bits per heavy atom. The van der Waals surface area contributed by atoms with Crippen molar-refractivity contribution in [3.63, 3.8) is 0 Å². The van der Waals surface area contributed by atoms with Gasteiger partial charge < -0.3 is 0 Å². The summed E-state index contributed by atoms with van der Waals surface area (Å²) >= 11 is 0. The Morgan fingerprint density at radius 2 is 1.73 bits per heavy atom. The maximum atomic E-state index is 11.7. The van der Waals surface area contributed by atoms with Gasteiger partial charge in [0.15, 0.2) is 0 Å². The predicted molar refractivity (Wildman–Crippen MR) is 49.3 cm³/mol. The molecule has 0 aliphatic heterocycles. The summed E-state index contributed by atoms with van der Waals surface area (Å²) in [5, 5.41) is 0. The largest absolute Gasteiger partial charge is 0.458 e. The van der Waals surface area contributed by atoms with E-state index in [0.717, 1.165) is 11.5 Å². The van der Waals surface area contributed by atoms with Crippen LogP contribution >= 0.6 is 0 Å². The summed E-state index contributed by atoms with van der Waals surface area (Å²) in [5.74, 6) is 1.65. The minimum absolute atomic E-state index is 0.164. The molecule has 1 aromatic rings. The standard InChI is InChI=1S/C11H7F3O/c1-8-2-4-9(5-3-8)10(15)6-7-11(12,13)14/h2-5H,1H3. The zero-order valence-corrected chi connectivity index (χ0v) is 7.85. The molecule has 0 aromatic heterocycles. The van der Waals surface area contributed by atoms with Gasteiger partial charge in [0.1, 0.15) is 0 Å². The molecular formula is C11H7F3O. The molecule has 15 heavy (non-hydrogen) atoms. The number of alkyl halides is 3. The molecule has 0 N–H and O–H groups in total. The summed E-state index contributed by atoms with van der Waals surface area (Å²) in [7, 11) is 0. The Hall–Kier alpha value is -1.76. The molecule has 1 nitrogen and oxygen atoms in total. The lowest BCUT2D eigenvalue weighted by atomic mass is 10.1. The quantitative estimate of drug-likeness (QED) is 0.397. The fraction of sp³-hybridized carbons (Fsp3) is 0.182. The SMILES string of the molecule is Cc1ccc(C(=O)C#CC(F)(F)F)cc1. The van der Waals surface area contributed by atoms with Gasteiger partial charge in [-0.3, -0.25) is 4.79 Å². The first-order chi connectivity index (χ1) is 6.88. The first-order valence-electron chi connectivity index (χ1n) is 4.09. The molecule has 0 atom stereocenters. The number of benzene rings is 1. The smallest absolute Gasteiger partial charge is 0.279 e. The number of halogens is 3. The number of hydrogen-bond donors (Lipinski definition) is 0. The number of rotatable bonds is 1. The van der Waals surface area contributed by atoms with Crippen molar-refractivity contribution < 1.29 is 18.0 Å². The molecule has 0 fully saturated rings. The van der Waals surface area contributed by atoms with Gasteiger partial charge in [-0.25, -0.2) is 0 Å². The lowest BCUT2D eigenvalue weighted by molar-refractivity contribution is -0.0697. The van der Waals surface area contributed by atoms with E-state index in [4.69, 9.17) is 0 Å². The van der Waals surface area contributed by atoms with Gasteiger partial charge in [-0.05, 0) is 12.8 Å². The molecule has 0 saturated carbocycles. The van der Waals surface area contributed by atoms with Crippen LogP contribution in [0.4, 0.5) is 13.2 Å². The van der Waals surface area contributed by atoms with Crippen LogP contribution in [0.25, 0.3) is 0 Å². The van der Waals surface area contributed by atoms with Crippen LogP contribution in [-0.2, 0) is 0 Å². The minimum atomic E-state index is -4.62. The van der Waals surface area contributed by atoms with Crippen molar-refractivity contribution in [3.05, 3.63) is 35.4 Å². The lowest BCUT2D eigenvalue weighted by Gasteiger charge is -1.95. The Bertz CT molecular complexity index is 418. The summed E-state index contributed by atoms with van der Waals surface area (Å²) in [5.41, 5.74) is 1.09. The van der Waals surface area contributed by atoms with E-state index in [1.807, 2.05) is 6.92 Å². The van der Waals surface area contributed by atoms with E-state index < -0.39 is 12.0 Å². The fourth-order valence-electron chi connectivity index (χ4n) is 0.905. The van der Waals surface area contributed by atoms with E-state index in [9.17, 15) is 18.0 Å². The number of carbonyl (C=O) groups is 1. The van der Waals surface area contributed by atoms with E-state index >= 15 is 0 Å². The third-order valence-corrected chi connectivity index (χ3v) is 1.63. The topological polar surface area (TPSA) is 17.1 Å². The molecule has 1 aromatic carbocycles. The van der Waals surface area contributed by atoms with Crippen molar-refractivity contribution in [1.29, 1.82) is 0 Å². The highest BCUT2D eigenvalue weighted by Gasteiger charge is 2.23. The minimum Gasteiger partial charge on any atom is -0.279 e. The normalized spacial score (nSPS) is 10.4. The van der Waals surface area contributed by atoms with Gasteiger partial charge in [0, 0.05) is 11.5 Å². The predicted octanol–water partition coefficient (Wildman–Crippen LogP) is 2.74. The zero-order valence-electron chi connectivity index (χ0n) is 7.85. The maximum absolute atomic E-state index is 11.7. The second kappa shape index (κ2) is 4.18. The van der Waals surface area contributed by atoms with Crippen molar-refractivity contribution in [3.8, 4) is 11.8 Å². The number of Topliss-reactive ketones (excluding diaryl/α,β-unsaturated/α-hetero) is 1. The van der Waals surface area contributed by atoms with Crippen LogP contribution in [0, 0.1) is 18.8 Å². The van der Waals surface area contributed by atoms with Gasteiger partial charge in [0.2, 0.25) is 5.78 Å². The third-order valence-electron chi connectivity index (χ3n) is 1.63. The van der Waals surface area contributed by atoms with Crippen molar-refractivity contribution in [2.45, 2.75) is 13.1 Å². The highest BCUT2D eigenvalue weighted by molar-refractivity contribution is 6.09. The van der Waals surface area contributed by atoms with Crippen LogP contribution in [-0.4, -0.2) is 12.0 Å². The van der Waals surface area contributed by atoms with Crippen LogP contribution in [0.2, 0.25) is 0 Å². The molecule has 0 aliphatic rings. The van der Waals surface area contributed by atoms with Gasteiger partial charge in [-0.1, -0.05) is 29.8 Å². The molecule has 1 rings (SSSR count). The molecule has 0 bridgehead atoms. The molecule has 0 unspecified atom stereocenters. The summed E-state index contributed by atoms with van der Waals surface area (Å²) in [6.07, 6.45) is -4.62. The molecular weight excluding hydrogens is 205 g/mol. The first-order valence-corrected chi connectivity index (χ1v) is 4.09. The monoisotopic (exact) mass is 212 g/mol. The molecule has 4 heteroatoms. The Labute approximate surface area is 84.9 Å². The third kappa shape index (κ3) is 3.86. The van der Waals surface area contributed by atoms with Crippen molar-refractivity contribution in [2.24, 2.45) is 0 Å². The number of hydrogen-bond acceptors (Lipinski definition) is 1. The van der Waals surface area contributed by atoms with Gasteiger partial charge in [-0.15, -0.1) is 0 Å². The highest BCUT2D eigenvalue weighted by atomic mass is 19.4. The van der Waals surface area contributed by atoms with Crippen LogP contribution in [0.5, 0.6) is 0 Å². The molecule has 0 heterocycles. The van der Waals surface area contributed by atoms with Gasteiger partial charge in [-0.2, -0.15) is 13.2 Å². The van der Waals surface area contributed by atoms with E-state index in [0.29, 0.717) is 0 Å². The molecule has 0 saturated heterocycles. The molecule has 78 valence electrons. The molecule has 0 radical (unpaired) electrons.